The van der Waals surface area contributed by atoms with Gasteiger partial charge in [-0.15, -0.1) is 0 Å². The van der Waals surface area contributed by atoms with Gasteiger partial charge in [-0.25, -0.2) is 24.5 Å². The first-order chi connectivity index (χ1) is 54.5. The van der Waals surface area contributed by atoms with Gasteiger partial charge in [-0.05, 0) is 112 Å². The van der Waals surface area contributed by atoms with E-state index in [1.165, 1.54) is 35.0 Å². The lowest BCUT2D eigenvalue weighted by Crippen LogP contribution is -2.38. The summed E-state index contributed by atoms with van der Waals surface area (Å²) in [5.41, 5.74) is 7.21. The van der Waals surface area contributed by atoms with Gasteiger partial charge in [0.15, 0.2) is 17.0 Å². The predicted molar refractivity (Wildman–Crippen MR) is 415 cm³/mol. The zero-order valence-electron chi connectivity index (χ0n) is 62.6. The maximum atomic E-state index is 14.0. The van der Waals surface area contributed by atoms with Gasteiger partial charge in [0.1, 0.15) is 72.4 Å². The third-order valence-corrected chi connectivity index (χ3v) is 20.9. The summed E-state index contributed by atoms with van der Waals surface area (Å²) >= 11 is 0. The van der Waals surface area contributed by atoms with E-state index < -0.39 is 74.7 Å². The highest BCUT2D eigenvalue weighted by Crippen LogP contribution is 2.50. The van der Waals surface area contributed by atoms with Crippen LogP contribution in [0.3, 0.4) is 0 Å². The number of nitrogens with one attached hydrogen (secondary N) is 3. The zero-order valence-corrected chi connectivity index (χ0v) is 63.5. The van der Waals surface area contributed by atoms with Gasteiger partial charge in [0.2, 0.25) is 11.8 Å². The molecule has 0 saturated carbocycles. The zero-order chi connectivity index (χ0) is 78.1. The number of nitrogens with zero attached hydrogens (tertiary/aromatic N) is 7. The van der Waals surface area contributed by atoms with E-state index in [2.05, 4.69) is 55.2 Å². The summed E-state index contributed by atoms with van der Waals surface area (Å²) in [5, 5.41) is 8.48. The van der Waals surface area contributed by atoms with Crippen LogP contribution in [0.15, 0.2) is 212 Å². The fourth-order valence-electron chi connectivity index (χ4n) is 13.9. The Balaban J connectivity index is 0.719. The Kier molecular flexibility index (Phi) is 26.0. The van der Waals surface area contributed by atoms with Crippen LogP contribution < -0.4 is 31.1 Å². The van der Waals surface area contributed by atoms with Gasteiger partial charge < -0.3 is 72.4 Å². The first-order valence-corrected chi connectivity index (χ1v) is 38.2. The predicted octanol–water partition coefficient (Wildman–Crippen LogP) is 12.7. The van der Waals surface area contributed by atoms with E-state index in [1.54, 1.807) is 56.4 Å². The summed E-state index contributed by atoms with van der Waals surface area (Å²) in [4.78, 5) is 112. The fourth-order valence-corrected chi connectivity index (χ4v) is 15.1. The second-order valence-corrected chi connectivity index (χ2v) is 28.5. The molecule has 7 aromatic carbocycles. The van der Waals surface area contributed by atoms with Crippen molar-refractivity contribution in [2.45, 2.75) is 120 Å². The van der Waals surface area contributed by atoms with Crippen molar-refractivity contribution in [1.29, 1.82) is 0 Å². The Morgan fingerprint density at radius 1 is 0.634 bits per heavy atom. The number of ether oxygens (including phenoxy) is 7. The van der Waals surface area contributed by atoms with Crippen LogP contribution in [-0.4, -0.2) is 148 Å². The normalized spacial score (nSPS) is 17.4. The number of methoxy groups -OCH3 is 2. The monoisotopic (exact) mass is 1540 g/mol. The molecule has 2 saturated heterocycles. The average molecular weight is 1540 g/mol. The smallest absolute Gasteiger partial charge is 0.409 e. The van der Waals surface area contributed by atoms with E-state index in [0.29, 0.717) is 30.0 Å². The molecule has 0 bridgehead atoms. The molecule has 0 spiro atoms. The number of aromatic nitrogens is 6. The van der Waals surface area contributed by atoms with Crippen LogP contribution >= 0.6 is 8.60 Å². The fraction of sp³-hybridized carbons (Fsp3) is 0.321. The minimum absolute atomic E-state index is 0.0373. The summed E-state index contributed by atoms with van der Waals surface area (Å²) < 4.78 is 67.3. The molecule has 7 atom stereocenters. The number of hydrogen-bond donors (Lipinski definition) is 3. The molecule has 3 N–H and O–H groups in total. The van der Waals surface area contributed by atoms with Gasteiger partial charge in [0, 0.05) is 63.5 Å². The van der Waals surface area contributed by atoms with E-state index in [9.17, 15) is 33.6 Å². The summed E-state index contributed by atoms with van der Waals surface area (Å²) in [6.45, 7) is 3.74. The lowest BCUT2D eigenvalue weighted by atomic mass is 9.80. The average Bonchev–Trinajstić information content (AvgIpc) is 0.780. The van der Waals surface area contributed by atoms with Gasteiger partial charge in [0.25, 0.3) is 5.91 Å². The Morgan fingerprint density at radius 3 is 1.91 bits per heavy atom. The molecule has 2 fully saturated rings. The van der Waals surface area contributed by atoms with Crippen LogP contribution in [0.4, 0.5) is 16.4 Å². The van der Waals surface area contributed by atoms with Gasteiger partial charge in [-0.3, -0.25) is 28.3 Å². The number of carbonyl (C=O) groups excluding carboxylic acids is 6. The lowest BCUT2D eigenvalue weighted by molar-refractivity contribution is -0.153. The molecule has 4 amide bonds. The van der Waals surface area contributed by atoms with Crippen molar-refractivity contribution < 1.29 is 75.5 Å². The molecule has 112 heavy (non-hydrogen) atoms. The number of ketones is 1. The molecule has 1 aliphatic carbocycles. The van der Waals surface area contributed by atoms with Crippen LogP contribution in [-0.2, 0) is 75.0 Å². The summed E-state index contributed by atoms with van der Waals surface area (Å²) in [7, 11) is 2.50. The number of rotatable bonds is 35. The van der Waals surface area contributed by atoms with E-state index in [0.717, 1.165) is 50.1 Å². The SMILES string of the molecule is CCCOP(OC[C@H]1O[C@@H](n2ccc(NC(=O)c3ccc(CNC(=O)Cc4ccccc4)cc3)nc2=O)CC1OC(=O)CCC(C)=O)OC1C[C@H](n2cnc3c(NC(=O)CCCN(C)C(=O)OCC4c5ccccc5-c5ccccc54)ncnc32)O[C@@H]1COC(c1ccccc1)(c1ccc(OC)cc1)c1ccc(OC)cc1. The molecule has 580 valence electrons. The van der Waals surface area contributed by atoms with Gasteiger partial charge in [0.05, 0.1) is 59.3 Å². The molecule has 3 aromatic heterocycles. The third kappa shape index (κ3) is 18.9. The Morgan fingerprint density at radius 2 is 1.26 bits per heavy atom. The minimum atomic E-state index is -2.33. The van der Waals surface area contributed by atoms with Crippen LogP contribution in [0.1, 0.15) is 126 Å². The van der Waals surface area contributed by atoms with Crippen molar-refractivity contribution in [2.24, 2.45) is 0 Å². The van der Waals surface area contributed by atoms with Crippen molar-refractivity contribution in [1.82, 2.24) is 39.3 Å². The topological polar surface area (TPSA) is 313 Å². The highest BCUT2D eigenvalue weighted by atomic mass is 31.2. The number of fused-ring (bicyclic) bond motifs is 4. The summed E-state index contributed by atoms with van der Waals surface area (Å²) in [6, 6.07) is 58.7. The Labute approximate surface area is 648 Å². The third-order valence-electron chi connectivity index (χ3n) is 19.7. The highest BCUT2D eigenvalue weighted by Gasteiger charge is 2.46. The number of esters is 1. The standard InChI is InChI=1S/C84H87N10O17P/c1-6-44-106-112(107-51-71-68(110-77(98)40-27-54(2)95)46-75(109-71)93-43-41-72(90-82(93)100)89-81(99)57-30-28-56(29-31-57)48-85-74(97)45-55-18-9-7-10-19-55)111-69-47-76(108-70(69)50-105-84(58-20-11-8-12-21-58,59-32-36-61(102-4)37-33-59)60-34-38-62(103-5)39-35-60)94-53-88-78-79(86-52-87-80(78)94)91-73(96)26-17-42-92(3)83(101)104-49-67-65-24-15-13-22-63(65)64-23-14-16-25-66(64)67/h7-16,18-25,28-39,41,43,52-53,67-71,75-76H,6,17,26-27,40,42,44-51H2,1-5H3,(H,85,97)(H,86,87,91,96)(H,89,90,99,100)/t68?,69?,70-,71-,75-,76-,112?/m1/s1. The number of imidazole rings is 1. The number of hydrogen-bond acceptors (Lipinski definition) is 21. The highest BCUT2D eigenvalue weighted by molar-refractivity contribution is 7.41. The van der Waals surface area contributed by atoms with Crippen LogP contribution in [0.5, 0.6) is 11.5 Å². The molecule has 10 aromatic rings. The number of carbonyl (C=O) groups is 6. The van der Waals surface area contributed by atoms with Gasteiger partial charge in [-0.2, -0.15) is 4.98 Å². The molecule has 3 aliphatic rings. The number of Topliss-reactive ketones (excluding diaryl/α,β-unsaturated/α-hetero) is 1. The van der Waals surface area contributed by atoms with E-state index >= 15 is 0 Å². The van der Waals surface area contributed by atoms with Crippen molar-refractivity contribution in [2.75, 3.05) is 64.9 Å². The first kappa shape index (κ1) is 78.7. The van der Waals surface area contributed by atoms with E-state index in [-0.39, 0.29) is 124 Å². The second-order valence-electron chi connectivity index (χ2n) is 27.3. The number of anilines is 2. The molecule has 28 heteroatoms. The van der Waals surface area contributed by atoms with Gasteiger partial charge in [-0.1, -0.05) is 153 Å². The number of benzene rings is 7. The van der Waals surface area contributed by atoms with E-state index in [1.807, 2.05) is 140 Å². The maximum Gasteiger partial charge on any atom is 0.409 e. The van der Waals surface area contributed by atoms with Crippen molar-refractivity contribution in [3.8, 4) is 22.6 Å². The second kappa shape index (κ2) is 37.1. The molecule has 13 rings (SSSR count). The number of amides is 4. The van der Waals surface area contributed by atoms with Crippen molar-refractivity contribution in [3.63, 3.8) is 0 Å². The molecule has 3 unspecified atom stereocenters. The molecular weight excluding hydrogens is 1450 g/mol. The van der Waals surface area contributed by atoms with Crippen LogP contribution in [0.25, 0.3) is 22.3 Å². The summed E-state index contributed by atoms with van der Waals surface area (Å²) in [6.07, 6.45) is -0.992. The summed E-state index contributed by atoms with van der Waals surface area (Å²) in [5.74, 6) is -0.662. The van der Waals surface area contributed by atoms with Crippen LogP contribution in [0, 0.1) is 0 Å². The molecule has 27 nitrogen and oxygen atoms in total. The Hall–Kier alpha value is -11.4. The Bertz CT molecular complexity index is 4890. The van der Waals surface area contributed by atoms with Crippen LogP contribution in [0.2, 0.25) is 0 Å². The minimum Gasteiger partial charge on any atom is -0.497 e. The van der Waals surface area contributed by atoms with E-state index in [4.69, 9.17) is 51.7 Å². The molecular formula is C84H87N10O17P. The quantitative estimate of drug-likeness (QED) is 0.0189. The molecule has 2 aliphatic heterocycles. The van der Waals surface area contributed by atoms with Crippen molar-refractivity contribution >= 4 is 67.0 Å². The van der Waals surface area contributed by atoms with Gasteiger partial charge >= 0.3 is 26.4 Å². The largest absolute Gasteiger partial charge is 0.497 e. The molecule has 0 radical (unpaired) electrons. The molecule has 5 heterocycles. The lowest BCUT2D eigenvalue weighted by Gasteiger charge is -2.37. The first-order valence-electron chi connectivity index (χ1n) is 37.1. The van der Waals surface area contributed by atoms with Crippen molar-refractivity contribution in [3.05, 3.63) is 262 Å². The maximum absolute atomic E-state index is 14.0.